The van der Waals surface area contributed by atoms with Gasteiger partial charge in [-0.25, -0.2) is 9.97 Å². The Kier molecular flexibility index (Phi) is 5.09. The number of fused-ring (bicyclic) bond motifs is 2. The molecule has 2 atom stereocenters. The summed E-state index contributed by atoms with van der Waals surface area (Å²) in [5.41, 5.74) is 3.26. The zero-order valence-electron chi connectivity index (χ0n) is 18.0. The minimum Gasteiger partial charge on any atom is -0.354 e. The van der Waals surface area contributed by atoms with Crippen molar-refractivity contribution in [2.24, 2.45) is 0 Å². The smallest absolute Gasteiger partial charge is 0.226 e. The third-order valence-corrected chi connectivity index (χ3v) is 7.12. The van der Waals surface area contributed by atoms with Crippen LogP contribution in [0.2, 0.25) is 0 Å². The molecule has 2 aromatic rings. The number of hydrogen-bond acceptors (Lipinski definition) is 7. The second kappa shape index (κ2) is 7.76. The van der Waals surface area contributed by atoms with Crippen molar-refractivity contribution in [1.82, 2.24) is 20.4 Å². The van der Waals surface area contributed by atoms with Gasteiger partial charge in [-0.3, -0.25) is 4.79 Å². The maximum Gasteiger partial charge on any atom is 0.226 e. The van der Waals surface area contributed by atoms with Crippen molar-refractivity contribution in [3.63, 3.8) is 0 Å². The third-order valence-electron chi connectivity index (χ3n) is 7.12. The van der Waals surface area contributed by atoms with Crippen molar-refractivity contribution in [2.75, 3.05) is 24.5 Å². The molecule has 2 aliphatic carbocycles. The van der Waals surface area contributed by atoms with E-state index >= 15 is 0 Å². The van der Waals surface area contributed by atoms with Crippen LogP contribution >= 0.6 is 0 Å². The standard InChI is InChI=1S/C23H31N5O2/c1-15-13-18(26-22(25-15)28-12-6-11-24-14-16(28)2)20-17-7-5-10-23(21(17)27-30-20)9-4-3-8-19(23)29/h13,16,24H,3-12,14H2,1-2H3/t16-,23+/m0/s1. The number of Topliss-reactive ketones (excluding diaryl/α,β-unsaturated/α-hetero) is 1. The Morgan fingerprint density at radius 3 is 2.90 bits per heavy atom. The number of rotatable bonds is 2. The van der Waals surface area contributed by atoms with Crippen molar-refractivity contribution < 1.29 is 9.32 Å². The zero-order valence-corrected chi connectivity index (χ0v) is 18.0. The molecule has 2 aromatic heterocycles. The van der Waals surface area contributed by atoms with Crippen LogP contribution in [0.4, 0.5) is 5.95 Å². The molecule has 7 nitrogen and oxygen atoms in total. The summed E-state index contributed by atoms with van der Waals surface area (Å²) >= 11 is 0. The van der Waals surface area contributed by atoms with E-state index < -0.39 is 5.41 Å². The molecule has 7 heteroatoms. The van der Waals surface area contributed by atoms with Crippen LogP contribution in [0.3, 0.4) is 0 Å². The molecule has 5 rings (SSSR count). The summed E-state index contributed by atoms with van der Waals surface area (Å²) in [7, 11) is 0. The molecule has 0 radical (unpaired) electrons. The fraction of sp³-hybridized carbons (Fsp3) is 0.652. The molecule has 1 saturated heterocycles. The van der Waals surface area contributed by atoms with Gasteiger partial charge in [-0.05, 0) is 65.0 Å². The molecule has 0 unspecified atom stereocenters. The average Bonchev–Trinajstić information content (AvgIpc) is 3.06. The maximum absolute atomic E-state index is 12.9. The van der Waals surface area contributed by atoms with E-state index in [0.717, 1.165) is 98.9 Å². The third kappa shape index (κ3) is 3.23. The lowest BCUT2D eigenvalue weighted by Gasteiger charge is -2.37. The highest BCUT2D eigenvalue weighted by Crippen LogP contribution is 2.47. The SMILES string of the molecule is Cc1cc(-c2onc3c2CCC[C@@]32CCCCC2=O)nc(N2CCCNC[C@@H]2C)n1. The number of nitrogens with zero attached hydrogens (tertiary/aromatic N) is 4. The lowest BCUT2D eigenvalue weighted by atomic mass is 9.64. The molecule has 30 heavy (non-hydrogen) atoms. The fourth-order valence-corrected chi connectivity index (χ4v) is 5.52. The van der Waals surface area contributed by atoms with Crippen LogP contribution in [-0.2, 0) is 16.6 Å². The Bertz CT molecular complexity index is 955. The van der Waals surface area contributed by atoms with E-state index in [1.807, 2.05) is 13.0 Å². The van der Waals surface area contributed by atoms with Crippen LogP contribution in [0.5, 0.6) is 0 Å². The van der Waals surface area contributed by atoms with E-state index in [4.69, 9.17) is 14.5 Å². The van der Waals surface area contributed by atoms with Gasteiger partial charge in [0.1, 0.15) is 17.2 Å². The van der Waals surface area contributed by atoms with Crippen molar-refractivity contribution >= 4 is 11.7 Å². The van der Waals surface area contributed by atoms with Crippen molar-refractivity contribution in [3.8, 4) is 11.5 Å². The first kappa shape index (κ1) is 19.7. The highest BCUT2D eigenvalue weighted by Gasteiger charge is 2.47. The van der Waals surface area contributed by atoms with Gasteiger partial charge in [0.15, 0.2) is 5.76 Å². The van der Waals surface area contributed by atoms with Gasteiger partial charge in [0, 0.05) is 36.8 Å². The summed E-state index contributed by atoms with van der Waals surface area (Å²) in [6, 6.07) is 2.31. The second-order valence-electron chi connectivity index (χ2n) is 9.20. The van der Waals surface area contributed by atoms with E-state index in [0.29, 0.717) is 18.2 Å². The quantitative estimate of drug-likeness (QED) is 0.814. The largest absolute Gasteiger partial charge is 0.354 e. The molecule has 1 N–H and O–H groups in total. The van der Waals surface area contributed by atoms with Crippen molar-refractivity contribution in [1.29, 1.82) is 0 Å². The maximum atomic E-state index is 12.9. The van der Waals surface area contributed by atoms with Gasteiger partial charge in [0.2, 0.25) is 5.95 Å². The summed E-state index contributed by atoms with van der Waals surface area (Å²) in [6.45, 7) is 7.09. The zero-order chi connectivity index (χ0) is 20.7. The molecular formula is C23H31N5O2. The van der Waals surface area contributed by atoms with Crippen LogP contribution in [0.25, 0.3) is 11.5 Å². The first-order valence-electron chi connectivity index (χ1n) is 11.4. The number of nitrogens with one attached hydrogen (secondary N) is 1. The van der Waals surface area contributed by atoms with E-state index in [-0.39, 0.29) is 0 Å². The lowest BCUT2D eigenvalue weighted by Crippen LogP contribution is -2.41. The molecule has 1 aliphatic heterocycles. The number of anilines is 1. The van der Waals surface area contributed by atoms with Crippen LogP contribution in [0, 0.1) is 6.92 Å². The number of hydrogen-bond donors (Lipinski definition) is 1. The number of aryl methyl sites for hydroxylation is 1. The fourth-order valence-electron chi connectivity index (χ4n) is 5.52. The van der Waals surface area contributed by atoms with Crippen molar-refractivity contribution in [3.05, 3.63) is 23.0 Å². The minimum absolute atomic E-state index is 0.328. The number of ketones is 1. The molecule has 3 heterocycles. The normalized spacial score (nSPS) is 27.2. The summed E-state index contributed by atoms with van der Waals surface area (Å²) in [5, 5.41) is 7.96. The predicted molar refractivity (Wildman–Crippen MR) is 115 cm³/mol. The Morgan fingerprint density at radius 2 is 2.03 bits per heavy atom. The molecule has 0 aromatic carbocycles. The molecule has 3 aliphatic rings. The highest BCUT2D eigenvalue weighted by molar-refractivity contribution is 5.91. The average molecular weight is 410 g/mol. The van der Waals surface area contributed by atoms with Crippen LogP contribution in [0.1, 0.15) is 68.8 Å². The van der Waals surface area contributed by atoms with Gasteiger partial charge in [0.05, 0.1) is 5.41 Å². The molecule has 0 bridgehead atoms. The van der Waals surface area contributed by atoms with E-state index in [9.17, 15) is 4.79 Å². The van der Waals surface area contributed by atoms with Gasteiger partial charge in [-0.2, -0.15) is 0 Å². The molecule has 160 valence electrons. The van der Waals surface area contributed by atoms with Gasteiger partial charge >= 0.3 is 0 Å². The molecule has 2 fully saturated rings. The lowest BCUT2D eigenvalue weighted by molar-refractivity contribution is -0.127. The molecule has 0 amide bonds. The van der Waals surface area contributed by atoms with Gasteiger partial charge in [-0.15, -0.1) is 0 Å². The van der Waals surface area contributed by atoms with Gasteiger partial charge in [0.25, 0.3) is 0 Å². The van der Waals surface area contributed by atoms with Crippen LogP contribution in [-0.4, -0.2) is 46.6 Å². The first-order valence-corrected chi connectivity index (χ1v) is 11.4. The summed E-state index contributed by atoms with van der Waals surface area (Å²) in [4.78, 5) is 24.9. The molecule has 1 saturated carbocycles. The summed E-state index contributed by atoms with van der Waals surface area (Å²) in [5.74, 6) is 1.83. The summed E-state index contributed by atoms with van der Waals surface area (Å²) < 4.78 is 5.91. The van der Waals surface area contributed by atoms with Crippen LogP contribution < -0.4 is 10.2 Å². The number of aromatic nitrogens is 3. The predicted octanol–water partition coefficient (Wildman–Crippen LogP) is 3.35. The monoisotopic (exact) mass is 409 g/mol. The Hall–Kier alpha value is -2.28. The molecule has 1 spiro atoms. The van der Waals surface area contributed by atoms with E-state index in [1.165, 1.54) is 0 Å². The van der Waals surface area contributed by atoms with Gasteiger partial charge in [-0.1, -0.05) is 11.6 Å². The first-order chi connectivity index (χ1) is 14.6. The minimum atomic E-state index is -0.427. The highest BCUT2D eigenvalue weighted by atomic mass is 16.5. The van der Waals surface area contributed by atoms with E-state index in [1.54, 1.807) is 0 Å². The molecular weight excluding hydrogens is 378 g/mol. The Morgan fingerprint density at radius 1 is 1.17 bits per heavy atom. The van der Waals surface area contributed by atoms with E-state index in [2.05, 4.69) is 22.3 Å². The Labute approximate surface area is 177 Å². The number of carbonyl (C=O) groups is 1. The second-order valence-corrected chi connectivity index (χ2v) is 9.20. The summed E-state index contributed by atoms with van der Waals surface area (Å²) in [6.07, 6.45) is 7.51. The number of carbonyl (C=O) groups excluding carboxylic acids is 1. The van der Waals surface area contributed by atoms with Crippen LogP contribution in [0.15, 0.2) is 10.6 Å². The van der Waals surface area contributed by atoms with Gasteiger partial charge < -0.3 is 14.7 Å². The topological polar surface area (TPSA) is 84.2 Å². The van der Waals surface area contributed by atoms with Crippen molar-refractivity contribution in [2.45, 2.75) is 76.7 Å². The Balaban J connectivity index is 1.55.